The molecule has 6 heteroatoms. The smallest absolute Gasteiger partial charge is 0.255 e. The largest absolute Gasteiger partial charge is 0.337 e. The molecule has 0 aromatic heterocycles. The van der Waals surface area contributed by atoms with E-state index in [1.165, 1.54) is 0 Å². The van der Waals surface area contributed by atoms with Gasteiger partial charge in [0.1, 0.15) is 0 Å². The van der Waals surface area contributed by atoms with Crippen molar-refractivity contribution in [3.8, 4) is 0 Å². The maximum absolute atomic E-state index is 12.1. The number of halogens is 3. The lowest BCUT2D eigenvalue weighted by Gasteiger charge is -2.16. The van der Waals surface area contributed by atoms with E-state index < -0.39 is 0 Å². The predicted molar refractivity (Wildman–Crippen MR) is 74.9 cm³/mol. The van der Waals surface area contributed by atoms with Gasteiger partial charge >= 0.3 is 0 Å². The van der Waals surface area contributed by atoms with E-state index in [0.717, 1.165) is 17.4 Å². The highest BCUT2D eigenvalue weighted by atomic mass is 79.9. The van der Waals surface area contributed by atoms with E-state index in [0.29, 0.717) is 17.1 Å². The Bertz CT molecular complexity index is 428. The molecule has 0 bridgehead atoms. The predicted octanol–water partition coefficient (Wildman–Crippen LogP) is 2.70. The summed E-state index contributed by atoms with van der Waals surface area (Å²) in [6.07, 6.45) is 0.872. The average molecular weight is 340 g/mol. The fourth-order valence-electron chi connectivity index (χ4n) is 1.81. The van der Waals surface area contributed by atoms with Crippen molar-refractivity contribution in [2.75, 3.05) is 13.1 Å². The summed E-state index contributed by atoms with van der Waals surface area (Å²) in [6.45, 7) is 1.36. The normalized spacial score (nSPS) is 19.0. The number of hydrogen-bond acceptors (Lipinski definition) is 2. The molecule has 1 aromatic carbocycles. The Morgan fingerprint density at radius 1 is 1.53 bits per heavy atom. The number of benzene rings is 1. The number of hydrogen-bond donors (Lipinski definition) is 1. The first-order chi connectivity index (χ1) is 7.58. The zero-order valence-corrected chi connectivity index (χ0v) is 12.2. The quantitative estimate of drug-likeness (QED) is 0.855. The van der Waals surface area contributed by atoms with Crippen LogP contribution in [0.25, 0.3) is 0 Å². The van der Waals surface area contributed by atoms with Crippen molar-refractivity contribution in [2.45, 2.75) is 12.5 Å². The molecule has 1 aliphatic heterocycles. The van der Waals surface area contributed by atoms with Crippen molar-refractivity contribution in [1.82, 2.24) is 4.90 Å². The van der Waals surface area contributed by atoms with Gasteiger partial charge in [-0.3, -0.25) is 4.79 Å². The molecular weight excluding hydrogens is 327 g/mol. The van der Waals surface area contributed by atoms with E-state index in [2.05, 4.69) is 15.9 Å². The fraction of sp³-hybridized carbons (Fsp3) is 0.364. The lowest BCUT2D eigenvalue weighted by atomic mass is 10.2. The highest BCUT2D eigenvalue weighted by molar-refractivity contribution is 9.10. The molecule has 1 saturated heterocycles. The van der Waals surface area contributed by atoms with Gasteiger partial charge in [0.2, 0.25) is 0 Å². The summed E-state index contributed by atoms with van der Waals surface area (Å²) in [5, 5.41) is 0.613. The molecule has 1 amide bonds. The third kappa shape index (κ3) is 3.35. The monoisotopic (exact) mass is 338 g/mol. The van der Waals surface area contributed by atoms with Gasteiger partial charge in [0.15, 0.2) is 0 Å². The maximum atomic E-state index is 12.1. The molecule has 94 valence electrons. The molecule has 0 spiro atoms. The minimum atomic E-state index is 0. The van der Waals surface area contributed by atoms with E-state index in [9.17, 15) is 4.79 Å². The third-order valence-corrected chi connectivity index (χ3v) is 3.56. The van der Waals surface area contributed by atoms with Gasteiger partial charge in [0, 0.05) is 28.6 Å². The summed E-state index contributed by atoms with van der Waals surface area (Å²) in [5.41, 5.74) is 6.41. The molecular formula is C11H13BrCl2N2O. The van der Waals surface area contributed by atoms with Gasteiger partial charge in [-0.2, -0.15) is 0 Å². The Morgan fingerprint density at radius 3 is 2.76 bits per heavy atom. The van der Waals surface area contributed by atoms with Crippen molar-refractivity contribution in [2.24, 2.45) is 5.73 Å². The van der Waals surface area contributed by atoms with Gasteiger partial charge in [0.05, 0.1) is 5.56 Å². The topological polar surface area (TPSA) is 46.3 Å². The van der Waals surface area contributed by atoms with Crippen molar-refractivity contribution in [3.63, 3.8) is 0 Å². The van der Waals surface area contributed by atoms with Crippen LogP contribution in [0, 0.1) is 0 Å². The Labute approximate surface area is 120 Å². The number of likely N-dealkylation sites (tertiary alicyclic amines) is 1. The van der Waals surface area contributed by atoms with E-state index in [1.807, 2.05) is 0 Å². The Balaban J connectivity index is 0.00000144. The van der Waals surface area contributed by atoms with Crippen LogP contribution < -0.4 is 5.73 Å². The maximum Gasteiger partial charge on any atom is 0.255 e. The number of carbonyl (C=O) groups is 1. The average Bonchev–Trinajstić information content (AvgIpc) is 2.64. The Morgan fingerprint density at radius 2 is 2.24 bits per heavy atom. The SMILES string of the molecule is Cl.NC1CCN(C(=O)c2ccc(Cl)cc2Br)C1. The van der Waals surface area contributed by atoms with Crippen LogP contribution in [0.3, 0.4) is 0 Å². The Kier molecular flexibility index (Phi) is 5.25. The first-order valence-corrected chi connectivity index (χ1v) is 6.25. The standard InChI is InChI=1S/C11H12BrClN2O.ClH/c12-10-5-7(13)1-2-9(10)11(16)15-4-3-8(14)6-15;/h1-2,5,8H,3-4,6,14H2;1H. The summed E-state index contributed by atoms with van der Waals surface area (Å²) in [5.74, 6) is 0.0106. The van der Waals surface area contributed by atoms with Crippen LogP contribution >= 0.6 is 39.9 Å². The van der Waals surface area contributed by atoms with Crippen LogP contribution in [0.1, 0.15) is 16.8 Å². The highest BCUT2D eigenvalue weighted by Crippen LogP contribution is 2.24. The molecule has 1 aliphatic rings. The second-order valence-electron chi connectivity index (χ2n) is 3.92. The minimum Gasteiger partial charge on any atom is -0.337 e. The zero-order valence-electron chi connectivity index (χ0n) is 9.03. The summed E-state index contributed by atoms with van der Waals surface area (Å²) in [7, 11) is 0. The minimum absolute atomic E-state index is 0. The van der Waals surface area contributed by atoms with Crippen LogP contribution in [0.5, 0.6) is 0 Å². The molecule has 0 aliphatic carbocycles. The van der Waals surface area contributed by atoms with E-state index in [1.54, 1.807) is 23.1 Å². The number of rotatable bonds is 1. The molecule has 1 fully saturated rings. The van der Waals surface area contributed by atoms with Crippen LogP contribution in [0.4, 0.5) is 0 Å². The first kappa shape index (κ1) is 14.8. The summed E-state index contributed by atoms with van der Waals surface area (Å²) in [4.78, 5) is 13.9. The molecule has 2 N–H and O–H groups in total. The number of nitrogens with two attached hydrogens (primary N) is 1. The van der Waals surface area contributed by atoms with Crippen LogP contribution in [-0.2, 0) is 0 Å². The lowest BCUT2D eigenvalue weighted by molar-refractivity contribution is 0.0790. The first-order valence-electron chi connectivity index (χ1n) is 5.08. The van der Waals surface area contributed by atoms with Gasteiger partial charge in [-0.05, 0) is 40.5 Å². The van der Waals surface area contributed by atoms with Gasteiger partial charge in [-0.1, -0.05) is 11.6 Å². The summed E-state index contributed by atoms with van der Waals surface area (Å²) in [6, 6.07) is 5.29. The van der Waals surface area contributed by atoms with E-state index in [4.69, 9.17) is 17.3 Å². The molecule has 1 atom stereocenters. The lowest BCUT2D eigenvalue weighted by Crippen LogP contribution is -2.32. The third-order valence-electron chi connectivity index (χ3n) is 2.67. The van der Waals surface area contributed by atoms with Crippen LogP contribution in [-0.4, -0.2) is 29.9 Å². The highest BCUT2D eigenvalue weighted by Gasteiger charge is 2.25. The molecule has 1 unspecified atom stereocenters. The number of carbonyl (C=O) groups excluding carboxylic acids is 1. The second-order valence-corrected chi connectivity index (χ2v) is 5.21. The fourth-order valence-corrected chi connectivity index (χ4v) is 2.66. The van der Waals surface area contributed by atoms with Gasteiger partial charge < -0.3 is 10.6 Å². The van der Waals surface area contributed by atoms with E-state index >= 15 is 0 Å². The zero-order chi connectivity index (χ0) is 11.7. The Hall–Kier alpha value is -0.290. The van der Waals surface area contributed by atoms with E-state index in [-0.39, 0.29) is 24.4 Å². The second kappa shape index (κ2) is 6.05. The summed E-state index contributed by atoms with van der Waals surface area (Å²) < 4.78 is 0.727. The molecule has 0 radical (unpaired) electrons. The van der Waals surface area contributed by atoms with Crippen molar-refractivity contribution >= 4 is 45.8 Å². The van der Waals surface area contributed by atoms with Crippen LogP contribution in [0.2, 0.25) is 5.02 Å². The number of nitrogens with zero attached hydrogens (tertiary/aromatic N) is 1. The van der Waals surface area contributed by atoms with Crippen LogP contribution in [0.15, 0.2) is 22.7 Å². The molecule has 2 rings (SSSR count). The van der Waals surface area contributed by atoms with Gasteiger partial charge in [-0.25, -0.2) is 0 Å². The van der Waals surface area contributed by atoms with Crippen molar-refractivity contribution in [1.29, 1.82) is 0 Å². The van der Waals surface area contributed by atoms with Gasteiger partial charge in [0.25, 0.3) is 5.91 Å². The molecule has 1 aromatic rings. The van der Waals surface area contributed by atoms with Gasteiger partial charge in [-0.15, -0.1) is 12.4 Å². The number of amides is 1. The van der Waals surface area contributed by atoms with Crippen molar-refractivity contribution in [3.05, 3.63) is 33.3 Å². The molecule has 1 heterocycles. The molecule has 17 heavy (non-hydrogen) atoms. The van der Waals surface area contributed by atoms with Crippen molar-refractivity contribution < 1.29 is 4.79 Å². The summed E-state index contributed by atoms with van der Waals surface area (Å²) >= 11 is 9.18. The molecule has 0 saturated carbocycles. The molecule has 3 nitrogen and oxygen atoms in total.